The van der Waals surface area contributed by atoms with Crippen molar-refractivity contribution in [2.45, 2.75) is 25.5 Å². The molecule has 0 unspecified atom stereocenters. The number of nitrogens with zero attached hydrogens (tertiary/aromatic N) is 1. The van der Waals surface area contributed by atoms with Crippen molar-refractivity contribution >= 4 is 5.97 Å². The number of aromatic nitrogens is 1. The second-order valence-electron chi connectivity index (χ2n) is 3.95. The Morgan fingerprint density at radius 3 is 2.27 bits per heavy atom. The minimum Gasteiger partial charge on any atom is -0.469 e. The van der Waals surface area contributed by atoms with Crippen molar-refractivity contribution < 1.29 is 40.6 Å². The van der Waals surface area contributed by atoms with E-state index in [1.165, 1.54) is 0 Å². The van der Waals surface area contributed by atoms with Crippen LogP contribution in [0.1, 0.15) is 16.8 Å². The Hall–Kier alpha value is -2.04. The number of rotatable bonds is 4. The van der Waals surface area contributed by atoms with Crippen LogP contribution in [0.15, 0.2) is 6.07 Å². The number of esters is 1. The van der Waals surface area contributed by atoms with Crippen LogP contribution >= 0.6 is 0 Å². The van der Waals surface area contributed by atoms with Crippen molar-refractivity contribution in [2.24, 2.45) is 5.73 Å². The molecule has 1 aromatic rings. The lowest BCUT2D eigenvalue weighted by atomic mass is 10.0. The van der Waals surface area contributed by atoms with Crippen LogP contribution in [-0.2, 0) is 28.7 Å². The van der Waals surface area contributed by atoms with Gasteiger partial charge in [-0.1, -0.05) is 0 Å². The molecule has 0 aliphatic rings. The standard InChI is InChI=1S/C11H10F6N2O3/c1-21-8(20)3-6-5(4-18)2-7(22-11(15,16)17)19-9(6)10(12,13)14/h2H,3-4,18H2,1H3. The smallest absolute Gasteiger partial charge is 0.469 e. The molecule has 0 aromatic carbocycles. The molecule has 0 amide bonds. The van der Waals surface area contributed by atoms with E-state index < -0.39 is 48.6 Å². The zero-order valence-electron chi connectivity index (χ0n) is 11.0. The molecule has 124 valence electrons. The van der Waals surface area contributed by atoms with Crippen LogP contribution < -0.4 is 10.5 Å². The van der Waals surface area contributed by atoms with Gasteiger partial charge in [0.15, 0.2) is 5.69 Å². The normalized spacial score (nSPS) is 12.2. The quantitative estimate of drug-likeness (QED) is 0.676. The van der Waals surface area contributed by atoms with Crippen LogP contribution in [0.4, 0.5) is 26.3 Å². The third-order valence-corrected chi connectivity index (χ3v) is 2.45. The summed E-state index contributed by atoms with van der Waals surface area (Å²) in [6.07, 6.45) is -11.2. The van der Waals surface area contributed by atoms with E-state index in [-0.39, 0.29) is 5.56 Å². The van der Waals surface area contributed by atoms with Gasteiger partial charge in [0.2, 0.25) is 5.88 Å². The fraction of sp³-hybridized carbons (Fsp3) is 0.455. The molecule has 11 heteroatoms. The second kappa shape index (κ2) is 6.38. The maximum atomic E-state index is 12.9. The maximum absolute atomic E-state index is 12.9. The van der Waals surface area contributed by atoms with E-state index in [9.17, 15) is 31.1 Å². The van der Waals surface area contributed by atoms with Gasteiger partial charge in [0.25, 0.3) is 0 Å². The first-order valence-electron chi connectivity index (χ1n) is 5.60. The van der Waals surface area contributed by atoms with Crippen LogP contribution in [0.25, 0.3) is 0 Å². The fourth-order valence-corrected chi connectivity index (χ4v) is 1.60. The first-order chi connectivity index (χ1) is 9.97. The summed E-state index contributed by atoms with van der Waals surface area (Å²) in [5.74, 6) is -2.33. The van der Waals surface area contributed by atoms with Crippen molar-refractivity contribution in [3.05, 3.63) is 22.9 Å². The average Bonchev–Trinajstić information content (AvgIpc) is 2.36. The lowest BCUT2D eigenvalue weighted by molar-refractivity contribution is -0.276. The zero-order chi connectivity index (χ0) is 17.1. The molecule has 1 heterocycles. The number of pyridine rings is 1. The van der Waals surface area contributed by atoms with Crippen molar-refractivity contribution in [1.82, 2.24) is 4.98 Å². The van der Waals surface area contributed by atoms with E-state index in [0.717, 1.165) is 7.11 Å². The van der Waals surface area contributed by atoms with Gasteiger partial charge < -0.3 is 15.2 Å². The molecule has 5 nitrogen and oxygen atoms in total. The molecule has 0 aliphatic carbocycles. The number of hydrogen-bond donors (Lipinski definition) is 1. The van der Waals surface area contributed by atoms with Crippen molar-refractivity contribution in [3.8, 4) is 5.88 Å². The van der Waals surface area contributed by atoms with Crippen LogP contribution in [0.5, 0.6) is 5.88 Å². The number of ether oxygens (including phenoxy) is 2. The van der Waals surface area contributed by atoms with Gasteiger partial charge in [-0.3, -0.25) is 4.79 Å². The van der Waals surface area contributed by atoms with Crippen LogP contribution in [0, 0.1) is 0 Å². The van der Waals surface area contributed by atoms with Gasteiger partial charge in [-0.05, 0) is 11.1 Å². The summed E-state index contributed by atoms with van der Waals surface area (Å²) in [4.78, 5) is 14.0. The molecule has 0 spiro atoms. The third-order valence-electron chi connectivity index (χ3n) is 2.45. The number of nitrogens with two attached hydrogens (primary N) is 1. The Morgan fingerprint density at radius 1 is 1.27 bits per heavy atom. The topological polar surface area (TPSA) is 74.4 Å². The number of carbonyl (C=O) groups is 1. The number of hydrogen-bond acceptors (Lipinski definition) is 5. The first-order valence-corrected chi connectivity index (χ1v) is 5.60. The van der Waals surface area contributed by atoms with E-state index in [4.69, 9.17) is 5.73 Å². The monoisotopic (exact) mass is 332 g/mol. The van der Waals surface area contributed by atoms with Gasteiger partial charge in [0.1, 0.15) is 0 Å². The first kappa shape index (κ1) is 18.0. The summed E-state index contributed by atoms with van der Waals surface area (Å²) in [7, 11) is 0.951. The molecular formula is C11H10F6N2O3. The molecule has 2 N–H and O–H groups in total. The number of carbonyl (C=O) groups excluding carboxylic acids is 1. The Kier molecular flexibility index (Phi) is 5.22. The average molecular weight is 332 g/mol. The molecule has 1 aromatic heterocycles. The van der Waals surface area contributed by atoms with Crippen molar-refractivity contribution in [1.29, 1.82) is 0 Å². The lowest BCUT2D eigenvalue weighted by Gasteiger charge is -2.17. The van der Waals surface area contributed by atoms with E-state index >= 15 is 0 Å². The summed E-state index contributed by atoms with van der Waals surface area (Å²) in [6.45, 7) is -0.549. The zero-order valence-corrected chi connectivity index (χ0v) is 11.0. The van der Waals surface area contributed by atoms with Crippen LogP contribution in [0.3, 0.4) is 0 Å². The molecule has 0 aliphatic heterocycles. The largest absolute Gasteiger partial charge is 0.574 e. The number of methoxy groups -OCH3 is 1. The predicted molar refractivity (Wildman–Crippen MR) is 59.5 cm³/mol. The second-order valence-corrected chi connectivity index (χ2v) is 3.95. The minimum atomic E-state index is -5.22. The minimum absolute atomic E-state index is 0.355. The summed E-state index contributed by atoms with van der Waals surface area (Å²) in [6, 6.07) is 0.598. The van der Waals surface area contributed by atoms with Crippen molar-refractivity contribution in [2.75, 3.05) is 7.11 Å². The summed E-state index contributed by atoms with van der Waals surface area (Å²) in [5, 5.41) is 0. The van der Waals surface area contributed by atoms with Gasteiger partial charge in [-0.2, -0.15) is 13.2 Å². The number of alkyl halides is 6. The molecule has 0 bridgehead atoms. The maximum Gasteiger partial charge on any atom is 0.574 e. The molecular weight excluding hydrogens is 322 g/mol. The SMILES string of the molecule is COC(=O)Cc1c(CN)cc(OC(F)(F)F)nc1C(F)(F)F. The lowest BCUT2D eigenvalue weighted by Crippen LogP contribution is -2.23. The van der Waals surface area contributed by atoms with Crippen molar-refractivity contribution in [3.63, 3.8) is 0 Å². The highest BCUT2D eigenvalue weighted by molar-refractivity contribution is 5.73. The Morgan fingerprint density at radius 2 is 1.86 bits per heavy atom. The van der Waals surface area contributed by atoms with E-state index in [1.807, 2.05) is 0 Å². The summed E-state index contributed by atoms with van der Waals surface area (Å²) >= 11 is 0. The fourth-order valence-electron chi connectivity index (χ4n) is 1.60. The molecule has 1 rings (SSSR count). The predicted octanol–water partition coefficient (Wildman–Crippen LogP) is 2.17. The highest BCUT2D eigenvalue weighted by atomic mass is 19.4. The van der Waals surface area contributed by atoms with E-state index in [1.54, 1.807) is 0 Å². The molecule has 0 fully saturated rings. The summed E-state index contributed by atoms with van der Waals surface area (Å²) < 4.78 is 82.8. The Labute approximate surface area is 120 Å². The van der Waals surface area contributed by atoms with Gasteiger partial charge in [0.05, 0.1) is 13.5 Å². The van der Waals surface area contributed by atoms with Gasteiger partial charge in [-0.25, -0.2) is 4.98 Å². The van der Waals surface area contributed by atoms with Gasteiger partial charge in [0, 0.05) is 12.6 Å². The van der Waals surface area contributed by atoms with Crippen LogP contribution in [-0.4, -0.2) is 24.4 Å². The Balaban J connectivity index is 3.44. The van der Waals surface area contributed by atoms with Crippen LogP contribution in [0.2, 0.25) is 0 Å². The summed E-state index contributed by atoms with van der Waals surface area (Å²) in [5.41, 5.74) is 2.54. The molecule has 0 saturated heterocycles. The van der Waals surface area contributed by atoms with Gasteiger partial charge >= 0.3 is 18.5 Å². The highest BCUT2D eigenvalue weighted by Gasteiger charge is 2.39. The van der Waals surface area contributed by atoms with E-state index in [2.05, 4.69) is 14.5 Å². The molecule has 0 saturated carbocycles. The van der Waals surface area contributed by atoms with Gasteiger partial charge in [-0.15, -0.1) is 13.2 Å². The van der Waals surface area contributed by atoms with E-state index in [0.29, 0.717) is 6.07 Å². The molecule has 0 radical (unpaired) electrons. The third kappa shape index (κ3) is 4.76. The Bertz CT molecular complexity index is 556. The molecule has 0 atom stereocenters. The highest BCUT2D eigenvalue weighted by Crippen LogP contribution is 2.35. The number of halogens is 6. The molecule has 22 heavy (non-hydrogen) atoms.